The highest BCUT2D eigenvalue weighted by Gasteiger charge is 2.28. The maximum atomic E-state index is 12.5. The second-order valence-electron chi connectivity index (χ2n) is 10.7. The van der Waals surface area contributed by atoms with Crippen LogP contribution in [0.5, 0.6) is 5.88 Å². The Morgan fingerprint density at radius 1 is 0.886 bits per heavy atom. The molecule has 0 aromatic carbocycles. The van der Waals surface area contributed by atoms with Crippen molar-refractivity contribution >= 4 is 24.8 Å². The normalized spacial score (nSPS) is 14.4. The summed E-state index contributed by atoms with van der Waals surface area (Å²) < 4.78 is 7.65. The molecule has 0 aliphatic rings. The number of imidazole rings is 2. The molecule has 0 bridgehead atoms. The number of rotatable bonds is 14. The third-order valence-corrected chi connectivity index (χ3v) is 7.75. The van der Waals surface area contributed by atoms with Crippen molar-refractivity contribution in [1.82, 2.24) is 18.3 Å². The van der Waals surface area contributed by atoms with Crippen LogP contribution in [-0.2, 0) is 24.2 Å². The Bertz CT molecular complexity index is 996. The molecule has 10 heteroatoms. The van der Waals surface area contributed by atoms with Crippen LogP contribution < -0.4 is 5.69 Å². The minimum absolute atomic E-state index is 0.0555. The largest absolute Gasteiger partial charge is 0.493 e. The number of hydrogen-bond acceptors (Lipinski definition) is 6. The smallest absolute Gasteiger partial charge is 0.331 e. The lowest BCUT2D eigenvalue weighted by molar-refractivity contribution is 0.106. The van der Waals surface area contributed by atoms with Gasteiger partial charge in [-0.25, -0.2) is 4.79 Å². The average molecular weight is 529 g/mol. The van der Waals surface area contributed by atoms with Crippen LogP contribution in [0.4, 0.5) is 0 Å². The summed E-state index contributed by atoms with van der Waals surface area (Å²) in [5.74, 6) is -0.0555. The van der Waals surface area contributed by atoms with E-state index in [0.29, 0.717) is 45.1 Å². The van der Waals surface area contributed by atoms with Crippen molar-refractivity contribution in [2.75, 3.05) is 0 Å². The molecule has 8 nitrogen and oxygen atoms in total. The number of hydrogen-bond donors (Lipinski definition) is 4. The number of aliphatic hydroxyl groups excluding tert-OH is 2. The highest BCUT2D eigenvalue weighted by molar-refractivity contribution is 7.80. The van der Waals surface area contributed by atoms with E-state index >= 15 is 0 Å². The fraction of sp³-hybridized carbons (Fsp3) is 0.760. The Morgan fingerprint density at radius 3 is 1.80 bits per heavy atom. The molecule has 0 amide bonds. The molecule has 2 unspecified atom stereocenters. The van der Waals surface area contributed by atoms with E-state index in [1.807, 2.05) is 43.0 Å². The number of aliphatic hydroxyl groups is 2. The van der Waals surface area contributed by atoms with Gasteiger partial charge in [-0.15, -0.1) is 12.6 Å². The zero-order valence-corrected chi connectivity index (χ0v) is 23.8. The third kappa shape index (κ3) is 7.27. The Balaban J connectivity index is 1.80. The van der Waals surface area contributed by atoms with E-state index in [1.165, 1.54) is 15.3 Å². The zero-order valence-electron chi connectivity index (χ0n) is 22.1. The molecule has 2 heterocycles. The molecule has 2 rings (SSSR count). The number of nitrogens with zero attached hydrogens (tertiary/aromatic N) is 4. The zero-order chi connectivity index (χ0) is 26.6. The number of aryl methyl sites for hydroxylation is 2. The lowest BCUT2D eigenvalue weighted by Crippen LogP contribution is -2.37. The van der Waals surface area contributed by atoms with E-state index in [9.17, 15) is 20.1 Å². The molecule has 2 atom stereocenters. The summed E-state index contributed by atoms with van der Waals surface area (Å²) in [4.78, 5) is 12.5. The van der Waals surface area contributed by atoms with Gasteiger partial charge >= 0.3 is 5.69 Å². The van der Waals surface area contributed by atoms with E-state index in [2.05, 4.69) is 26.5 Å². The van der Waals surface area contributed by atoms with Crippen LogP contribution in [0.2, 0.25) is 0 Å². The molecule has 200 valence electrons. The summed E-state index contributed by atoms with van der Waals surface area (Å²) >= 11 is 10.2. The van der Waals surface area contributed by atoms with Gasteiger partial charge in [0.2, 0.25) is 5.88 Å². The summed E-state index contributed by atoms with van der Waals surface area (Å²) in [6, 6.07) is 0. The van der Waals surface area contributed by atoms with Gasteiger partial charge in [0.05, 0.1) is 23.4 Å². The van der Waals surface area contributed by atoms with Crippen LogP contribution in [0.1, 0.15) is 86.5 Å². The average Bonchev–Trinajstić information content (AvgIpc) is 3.24. The summed E-state index contributed by atoms with van der Waals surface area (Å²) in [5.41, 5.74) is -1.12. The van der Waals surface area contributed by atoms with Crippen molar-refractivity contribution in [1.29, 1.82) is 0 Å². The van der Waals surface area contributed by atoms with Gasteiger partial charge in [-0.05, 0) is 98.7 Å². The SMILES string of the molecule is CCn1cc(O)n(C(C)(C)CCC(O)CCCC(O)CCC(C)(C)n2c(S)cn(CC)c2=S)c1=O. The highest BCUT2D eigenvalue weighted by Crippen LogP contribution is 2.29. The first-order valence-corrected chi connectivity index (χ1v) is 13.5. The Labute approximate surface area is 219 Å². The van der Waals surface area contributed by atoms with Gasteiger partial charge in [0.25, 0.3) is 0 Å². The Hall–Kier alpha value is -1.49. The second kappa shape index (κ2) is 12.2. The van der Waals surface area contributed by atoms with Gasteiger partial charge in [0, 0.05) is 30.4 Å². The van der Waals surface area contributed by atoms with Crippen molar-refractivity contribution in [2.24, 2.45) is 0 Å². The first-order valence-electron chi connectivity index (χ1n) is 12.6. The van der Waals surface area contributed by atoms with Crippen molar-refractivity contribution in [2.45, 2.75) is 128 Å². The van der Waals surface area contributed by atoms with Crippen LogP contribution in [0.15, 0.2) is 22.2 Å². The molecule has 0 spiro atoms. The third-order valence-electron chi connectivity index (χ3n) is 7.02. The highest BCUT2D eigenvalue weighted by atomic mass is 32.1. The molecule has 2 aromatic heterocycles. The molecule has 0 saturated carbocycles. The van der Waals surface area contributed by atoms with E-state index < -0.39 is 17.7 Å². The monoisotopic (exact) mass is 528 g/mol. The summed E-state index contributed by atoms with van der Waals surface area (Å²) in [6.45, 7) is 13.2. The Kier molecular flexibility index (Phi) is 10.3. The van der Waals surface area contributed by atoms with Crippen molar-refractivity contribution in [3.05, 3.63) is 27.6 Å². The van der Waals surface area contributed by atoms with E-state index in [4.69, 9.17) is 12.2 Å². The lowest BCUT2D eigenvalue weighted by atomic mass is 9.92. The first-order chi connectivity index (χ1) is 16.2. The standard InChI is InChI=1S/C25H44N4O4S2/c1-7-26-16-20(32)28(22(26)33)24(3,4)14-12-18(30)10-9-11-19(31)13-15-25(5,6)29-21(34)17-27(8-2)23(29)35/h16-19,30-32,34H,7-15H2,1-6H3. The number of aromatic nitrogens is 4. The molecular weight excluding hydrogens is 484 g/mol. The van der Waals surface area contributed by atoms with E-state index in [0.717, 1.165) is 22.8 Å². The summed E-state index contributed by atoms with van der Waals surface area (Å²) in [5, 5.41) is 32.1. The van der Waals surface area contributed by atoms with Gasteiger partial charge in [-0.2, -0.15) is 0 Å². The maximum absolute atomic E-state index is 12.5. The van der Waals surface area contributed by atoms with E-state index in [-0.39, 0.29) is 17.1 Å². The van der Waals surface area contributed by atoms with Crippen LogP contribution in [0.3, 0.4) is 0 Å². The van der Waals surface area contributed by atoms with Crippen molar-refractivity contribution in [3.8, 4) is 5.88 Å². The number of aromatic hydroxyl groups is 1. The molecule has 35 heavy (non-hydrogen) atoms. The molecule has 2 aromatic rings. The van der Waals surface area contributed by atoms with Gasteiger partial charge < -0.3 is 24.5 Å². The predicted molar refractivity (Wildman–Crippen MR) is 145 cm³/mol. The fourth-order valence-electron chi connectivity index (χ4n) is 4.69. The van der Waals surface area contributed by atoms with Gasteiger partial charge in [0.15, 0.2) is 4.77 Å². The molecular formula is C25H44N4O4S2. The van der Waals surface area contributed by atoms with Crippen molar-refractivity contribution in [3.63, 3.8) is 0 Å². The van der Waals surface area contributed by atoms with Crippen molar-refractivity contribution < 1.29 is 15.3 Å². The van der Waals surface area contributed by atoms with Gasteiger partial charge in [0.1, 0.15) is 0 Å². The molecule has 0 fully saturated rings. The first kappa shape index (κ1) is 29.7. The van der Waals surface area contributed by atoms with Crippen LogP contribution in [0.25, 0.3) is 0 Å². The minimum Gasteiger partial charge on any atom is -0.493 e. The van der Waals surface area contributed by atoms with Crippen LogP contribution in [-0.4, -0.2) is 45.8 Å². The molecule has 0 aliphatic heterocycles. The fourth-order valence-corrected chi connectivity index (χ4v) is 5.79. The molecule has 0 saturated heterocycles. The quantitative estimate of drug-likeness (QED) is 0.212. The molecule has 0 aliphatic carbocycles. The topological polar surface area (TPSA) is 97.5 Å². The maximum Gasteiger partial charge on any atom is 0.331 e. The Morgan fingerprint density at radius 2 is 1.37 bits per heavy atom. The number of thiol groups is 1. The second-order valence-corrected chi connectivity index (χ2v) is 11.5. The molecule has 0 radical (unpaired) electrons. The molecule has 3 N–H and O–H groups in total. The van der Waals surface area contributed by atoms with Crippen LogP contribution in [0, 0.1) is 4.77 Å². The van der Waals surface area contributed by atoms with Gasteiger partial charge in [-0.1, -0.05) is 0 Å². The van der Waals surface area contributed by atoms with Gasteiger partial charge in [-0.3, -0.25) is 9.13 Å². The summed E-state index contributed by atoms with van der Waals surface area (Å²) in [7, 11) is 0. The van der Waals surface area contributed by atoms with E-state index in [1.54, 1.807) is 0 Å². The lowest BCUT2D eigenvalue weighted by Gasteiger charge is -2.29. The summed E-state index contributed by atoms with van der Waals surface area (Å²) in [6.07, 6.45) is 6.79. The minimum atomic E-state index is -0.614. The predicted octanol–water partition coefficient (Wildman–Crippen LogP) is 4.64. The van der Waals surface area contributed by atoms with Crippen LogP contribution >= 0.6 is 24.8 Å².